The van der Waals surface area contributed by atoms with Gasteiger partial charge in [0.25, 0.3) is 0 Å². The third-order valence-corrected chi connectivity index (χ3v) is 3.83. The number of nitrogens with two attached hydrogens (primary N) is 1. The highest BCUT2D eigenvalue weighted by Crippen LogP contribution is 2.16. The number of anilines is 1. The summed E-state index contributed by atoms with van der Waals surface area (Å²) in [6.45, 7) is 3.83. The van der Waals surface area contributed by atoms with Gasteiger partial charge >= 0.3 is 0 Å². The van der Waals surface area contributed by atoms with Crippen LogP contribution in [0.3, 0.4) is 0 Å². The summed E-state index contributed by atoms with van der Waals surface area (Å²) in [5.74, 6) is 0.159. The molecule has 1 aromatic rings. The van der Waals surface area contributed by atoms with E-state index >= 15 is 0 Å². The van der Waals surface area contributed by atoms with Gasteiger partial charge in [-0.15, -0.1) is 0 Å². The summed E-state index contributed by atoms with van der Waals surface area (Å²) in [5, 5.41) is 0. The van der Waals surface area contributed by atoms with Crippen LogP contribution < -0.4 is 10.5 Å². The number of rotatable bonds is 6. The summed E-state index contributed by atoms with van der Waals surface area (Å²) in [7, 11) is -3.23. The van der Waals surface area contributed by atoms with Crippen molar-refractivity contribution in [3.8, 4) is 0 Å². The molecule has 17 heavy (non-hydrogen) atoms. The summed E-state index contributed by atoms with van der Waals surface area (Å²) in [6, 6.07) is 7.09. The second kappa shape index (κ2) is 6.02. The van der Waals surface area contributed by atoms with Crippen molar-refractivity contribution in [1.82, 2.24) is 0 Å². The average Bonchev–Trinajstić information content (AvgIpc) is 2.26. The van der Waals surface area contributed by atoms with Gasteiger partial charge in [0.2, 0.25) is 10.0 Å². The maximum absolute atomic E-state index is 11.7. The predicted molar refractivity (Wildman–Crippen MR) is 71.4 cm³/mol. The van der Waals surface area contributed by atoms with E-state index in [2.05, 4.69) is 4.72 Å². The van der Waals surface area contributed by atoms with Gasteiger partial charge in [0.05, 0.1) is 5.75 Å². The van der Waals surface area contributed by atoms with Crippen LogP contribution in [-0.2, 0) is 10.0 Å². The van der Waals surface area contributed by atoms with Crippen molar-refractivity contribution in [3.05, 3.63) is 29.8 Å². The normalized spacial score (nSPS) is 13.4. The lowest BCUT2D eigenvalue weighted by Gasteiger charge is -2.10. The van der Waals surface area contributed by atoms with Crippen molar-refractivity contribution in [2.75, 3.05) is 10.5 Å². The predicted octanol–water partition coefficient (Wildman–Crippen LogP) is 2.25. The van der Waals surface area contributed by atoms with Gasteiger partial charge in [0, 0.05) is 11.7 Å². The second-order valence-electron chi connectivity index (χ2n) is 4.19. The number of unbranched alkanes of at least 4 members (excludes halogenated alkanes) is 1. The van der Waals surface area contributed by atoms with Crippen LogP contribution in [0.15, 0.2) is 24.3 Å². The summed E-state index contributed by atoms with van der Waals surface area (Å²) in [5.41, 5.74) is 7.25. The molecule has 0 heterocycles. The molecule has 0 bridgehead atoms. The molecule has 0 saturated heterocycles. The van der Waals surface area contributed by atoms with E-state index in [9.17, 15) is 8.42 Å². The number of benzene rings is 1. The minimum Gasteiger partial charge on any atom is -0.324 e. The van der Waals surface area contributed by atoms with Gasteiger partial charge in [0.1, 0.15) is 0 Å². The fraction of sp³-hybridized carbons (Fsp3) is 0.500. The van der Waals surface area contributed by atoms with Crippen LogP contribution in [0.4, 0.5) is 5.69 Å². The van der Waals surface area contributed by atoms with Crippen molar-refractivity contribution < 1.29 is 8.42 Å². The first-order valence-electron chi connectivity index (χ1n) is 5.80. The molecule has 5 heteroatoms. The largest absolute Gasteiger partial charge is 0.324 e. The van der Waals surface area contributed by atoms with Crippen molar-refractivity contribution in [2.24, 2.45) is 5.73 Å². The van der Waals surface area contributed by atoms with E-state index in [-0.39, 0.29) is 11.8 Å². The Hall–Kier alpha value is -1.07. The van der Waals surface area contributed by atoms with Gasteiger partial charge in [-0.2, -0.15) is 0 Å². The SMILES string of the molecule is CCCCS(=O)(=O)Nc1cccc(C(C)N)c1. The molecule has 3 N–H and O–H groups in total. The smallest absolute Gasteiger partial charge is 0.232 e. The zero-order chi connectivity index (χ0) is 12.9. The lowest BCUT2D eigenvalue weighted by atomic mass is 10.1. The monoisotopic (exact) mass is 256 g/mol. The maximum atomic E-state index is 11.7. The van der Waals surface area contributed by atoms with Crippen molar-refractivity contribution in [1.29, 1.82) is 0 Å². The van der Waals surface area contributed by atoms with Crippen molar-refractivity contribution in [2.45, 2.75) is 32.7 Å². The summed E-state index contributed by atoms with van der Waals surface area (Å²) in [4.78, 5) is 0. The highest BCUT2D eigenvalue weighted by molar-refractivity contribution is 7.92. The van der Waals surface area contributed by atoms with Crippen LogP contribution in [0.1, 0.15) is 38.3 Å². The van der Waals surface area contributed by atoms with Crippen molar-refractivity contribution in [3.63, 3.8) is 0 Å². The van der Waals surface area contributed by atoms with Crippen LogP contribution >= 0.6 is 0 Å². The molecule has 1 atom stereocenters. The first kappa shape index (κ1) is 14.0. The van der Waals surface area contributed by atoms with Gasteiger partial charge in [0.15, 0.2) is 0 Å². The Balaban J connectivity index is 2.78. The Kier molecular flexibility index (Phi) is 4.96. The maximum Gasteiger partial charge on any atom is 0.232 e. The molecule has 0 fully saturated rings. The molecule has 0 radical (unpaired) electrons. The van der Waals surface area contributed by atoms with Crippen LogP contribution in [0.25, 0.3) is 0 Å². The topological polar surface area (TPSA) is 72.2 Å². The minimum absolute atomic E-state index is 0.102. The van der Waals surface area contributed by atoms with E-state index in [4.69, 9.17) is 5.73 Å². The third-order valence-electron chi connectivity index (χ3n) is 2.45. The van der Waals surface area contributed by atoms with Crippen LogP contribution in [0, 0.1) is 0 Å². The third kappa shape index (κ3) is 4.75. The number of nitrogens with one attached hydrogen (secondary N) is 1. The zero-order valence-electron chi connectivity index (χ0n) is 10.3. The molecule has 1 rings (SSSR count). The minimum atomic E-state index is -3.23. The molecule has 96 valence electrons. The summed E-state index contributed by atoms with van der Waals surface area (Å²) < 4.78 is 26.0. The molecule has 1 unspecified atom stereocenters. The molecule has 0 aliphatic heterocycles. The second-order valence-corrected chi connectivity index (χ2v) is 6.03. The molecule has 4 nitrogen and oxygen atoms in total. The Labute approximate surface area is 103 Å². The van der Waals surface area contributed by atoms with E-state index in [1.807, 2.05) is 19.9 Å². The molecule has 0 amide bonds. The van der Waals surface area contributed by atoms with Gasteiger partial charge in [-0.3, -0.25) is 4.72 Å². The van der Waals surface area contributed by atoms with E-state index in [1.165, 1.54) is 0 Å². The first-order valence-corrected chi connectivity index (χ1v) is 7.46. The van der Waals surface area contributed by atoms with E-state index < -0.39 is 10.0 Å². The zero-order valence-corrected chi connectivity index (χ0v) is 11.1. The van der Waals surface area contributed by atoms with Gasteiger partial charge < -0.3 is 5.73 Å². The van der Waals surface area contributed by atoms with Crippen LogP contribution in [0.2, 0.25) is 0 Å². The Morgan fingerprint density at radius 1 is 1.41 bits per heavy atom. The molecule has 0 aliphatic carbocycles. The molecular weight excluding hydrogens is 236 g/mol. The molecule has 0 saturated carbocycles. The molecule has 0 aliphatic rings. The number of hydrogen-bond acceptors (Lipinski definition) is 3. The average molecular weight is 256 g/mol. The summed E-state index contributed by atoms with van der Waals surface area (Å²) in [6.07, 6.45) is 1.53. The highest BCUT2D eigenvalue weighted by Gasteiger charge is 2.10. The lowest BCUT2D eigenvalue weighted by molar-refractivity contribution is 0.598. The quantitative estimate of drug-likeness (QED) is 0.820. The molecule has 0 aromatic heterocycles. The molecular formula is C12H20N2O2S. The number of hydrogen-bond donors (Lipinski definition) is 2. The van der Waals surface area contributed by atoms with Gasteiger partial charge in [-0.25, -0.2) is 8.42 Å². The van der Waals surface area contributed by atoms with E-state index in [0.717, 1.165) is 12.0 Å². The van der Waals surface area contributed by atoms with E-state index in [0.29, 0.717) is 12.1 Å². The Bertz CT molecular complexity index is 455. The molecule has 1 aromatic carbocycles. The fourth-order valence-corrected chi connectivity index (χ4v) is 2.71. The van der Waals surface area contributed by atoms with Crippen LogP contribution in [-0.4, -0.2) is 14.2 Å². The van der Waals surface area contributed by atoms with Gasteiger partial charge in [-0.1, -0.05) is 25.5 Å². The van der Waals surface area contributed by atoms with E-state index in [1.54, 1.807) is 18.2 Å². The van der Waals surface area contributed by atoms with Crippen LogP contribution in [0.5, 0.6) is 0 Å². The Morgan fingerprint density at radius 3 is 2.71 bits per heavy atom. The number of sulfonamides is 1. The molecule has 0 spiro atoms. The first-order chi connectivity index (χ1) is 7.94. The van der Waals surface area contributed by atoms with Crippen molar-refractivity contribution >= 4 is 15.7 Å². The lowest BCUT2D eigenvalue weighted by Crippen LogP contribution is -2.17. The standard InChI is InChI=1S/C12H20N2O2S/c1-3-4-8-17(15,16)14-12-7-5-6-11(9-12)10(2)13/h5-7,9-10,14H,3-4,8,13H2,1-2H3. The highest BCUT2D eigenvalue weighted by atomic mass is 32.2. The van der Waals surface area contributed by atoms with Gasteiger partial charge in [-0.05, 0) is 31.0 Å². The fourth-order valence-electron chi connectivity index (χ4n) is 1.45. The summed E-state index contributed by atoms with van der Waals surface area (Å²) >= 11 is 0. The Morgan fingerprint density at radius 2 is 2.12 bits per heavy atom.